The van der Waals surface area contributed by atoms with Crippen molar-refractivity contribution in [1.29, 1.82) is 0 Å². The monoisotopic (exact) mass is 284 g/mol. The lowest BCUT2D eigenvalue weighted by Crippen LogP contribution is -2.39. The van der Waals surface area contributed by atoms with Crippen molar-refractivity contribution in [2.75, 3.05) is 25.2 Å². The van der Waals surface area contributed by atoms with Gasteiger partial charge in [-0.15, -0.1) is 5.10 Å². The van der Waals surface area contributed by atoms with Gasteiger partial charge in [-0.1, -0.05) is 6.92 Å². The third-order valence-corrected chi connectivity index (χ3v) is 4.09. The Balaban J connectivity index is 2.23. The number of nitrogens with zero attached hydrogens (tertiary/aromatic N) is 3. The molecule has 1 aliphatic rings. The van der Waals surface area contributed by atoms with Crippen LogP contribution in [-0.4, -0.2) is 41.1 Å². The van der Waals surface area contributed by atoms with Crippen molar-refractivity contribution in [2.45, 2.75) is 45.7 Å². The van der Waals surface area contributed by atoms with Gasteiger partial charge in [0.15, 0.2) is 4.77 Å². The first-order valence-electron chi connectivity index (χ1n) is 7.09. The van der Waals surface area contributed by atoms with E-state index >= 15 is 0 Å². The van der Waals surface area contributed by atoms with Crippen LogP contribution < -0.4 is 4.90 Å². The first-order chi connectivity index (χ1) is 9.19. The summed E-state index contributed by atoms with van der Waals surface area (Å²) in [4.78, 5) is 2.34. The minimum atomic E-state index is 0.496. The van der Waals surface area contributed by atoms with Crippen molar-refractivity contribution in [2.24, 2.45) is 5.92 Å². The summed E-state index contributed by atoms with van der Waals surface area (Å²) in [7, 11) is 1.74. The van der Waals surface area contributed by atoms with Gasteiger partial charge in [-0.05, 0) is 44.3 Å². The number of anilines is 1. The van der Waals surface area contributed by atoms with Gasteiger partial charge >= 0.3 is 0 Å². The number of hydrogen-bond donors (Lipinski definition) is 1. The van der Waals surface area contributed by atoms with Crippen LogP contribution in [0.2, 0.25) is 0 Å². The molecule has 1 aromatic rings. The first kappa shape index (κ1) is 14.5. The third-order valence-electron chi connectivity index (χ3n) is 3.77. The SMILES string of the molecule is CCCn1c(N(CCOC)C(C)C2CC2)n[nH]c1=S. The Labute approximate surface area is 119 Å². The quantitative estimate of drug-likeness (QED) is 0.745. The van der Waals surface area contributed by atoms with E-state index in [1.54, 1.807) is 7.11 Å². The summed E-state index contributed by atoms with van der Waals surface area (Å²) in [6.07, 6.45) is 3.70. The van der Waals surface area contributed by atoms with Gasteiger partial charge in [-0.2, -0.15) is 0 Å². The number of aromatic amines is 1. The Morgan fingerprint density at radius 2 is 2.32 bits per heavy atom. The molecular formula is C13H24N4OS. The van der Waals surface area contributed by atoms with Crippen molar-refractivity contribution in [3.63, 3.8) is 0 Å². The number of H-pyrrole nitrogens is 1. The van der Waals surface area contributed by atoms with E-state index in [1.165, 1.54) is 12.8 Å². The van der Waals surface area contributed by atoms with Gasteiger partial charge in [-0.25, -0.2) is 5.10 Å². The minimum Gasteiger partial charge on any atom is -0.383 e. The molecule has 2 rings (SSSR count). The Hall–Kier alpha value is -0.880. The molecule has 0 spiro atoms. The number of hydrogen-bond acceptors (Lipinski definition) is 4. The van der Waals surface area contributed by atoms with Crippen molar-refractivity contribution in [3.05, 3.63) is 4.77 Å². The Kier molecular flexibility index (Phi) is 4.99. The Morgan fingerprint density at radius 1 is 1.58 bits per heavy atom. The van der Waals surface area contributed by atoms with Gasteiger partial charge in [0.1, 0.15) is 0 Å². The van der Waals surface area contributed by atoms with E-state index < -0.39 is 0 Å². The second-order valence-corrected chi connectivity index (χ2v) is 5.63. The lowest BCUT2D eigenvalue weighted by molar-refractivity contribution is 0.202. The highest BCUT2D eigenvalue weighted by Crippen LogP contribution is 2.36. The molecule has 1 unspecified atom stereocenters. The molecule has 6 heteroatoms. The molecule has 108 valence electrons. The average Bonchev–Trinajstić information content (AvgIpc) is 3.19. The van der Waals surface area contributed by atoms with Gasteiger partial charge < -0.3 is 9.64 Å². The number of rotatable bonds is 8. The van der Waals surface area contributed by atoms with Crippen molar-refractivity contribution < 1.29 is 4.74 Å². The Bertz CT molecular complexity index is 452. The molecule has 0 amide bonds. The van der Waals surface area contributed by atoms with Crippen molar-refractivity contribution in [3.8, 4) is 0 Å². The van der Waals surface area contributed by atoms with Gasteiger partial charge in [-0.3, -0.25) is 4.57 Å². The number of methoxy groups -OCH3 is 1. The fourth-order valence-corrected chi connectivity index (χ4v) is 2.68. The summed E-state index contributed by atoms with van der Waals surface area (Å²) < 4.78 is 8.05. The van der Waals surface area contributed by atoms with Crippen LogP contribution in [0, 0.1) is 10.7 Å². The molecular weight excluding hydrogens is 260 g/mol. The fraction of sp³-hybridized carbons (Fsp3) is 0.846. The number of ether oxygens (including phenoxy) is 1. The standard InChI is InChI=1S/C13H24N4OS/c1-4-7-17-12(14-15-13(17)19)16(8-9-18-3)10(2)11-5-6-11/h10-11H,4-9H2,1-3H3,(H,15,19). The van der Waals surface area contributed by atoms with Crippen LogP contribution in [0.5, 0.6) is 0 Å². The summed E-state index contributed by atoms with van der Waals surface area (Å²) in [5.74, 6) is 1.75. The molecule has 0 radical (unpaired) electrons. The van der Waals surface area contributed by atoms with Crippen LogP contribution in [0.15, 0.2) is 0 Å². The first-order valence-corrected chi connectivity index (χ1v) is 7.50. The Morgan fingerprint density at radius 3 is 2.89 bits per heavy atom. The largest absolute Gasteiger partial charge is 0.383 e. The predicted molar refractivity (Wildman–Crippen MR) is 79.1 cm³/mol. The molecule has 1 N–H and O–H groups in total. The second kappa shape index (κ2) is 6.52. The van der Waals surface area contributed by atoms with Gasteiger partial charge in [0.2, 0.25) is 5.95 Å². The maximum atomic E-state index is 5.32. The lowest BCUT2D eigenvalue weighted by Gasteiger charge is -2.30. The molecule has 1 heterocycles. The highest BCUT2D eigenvalue weighted by Gasteiger charge is 2.33. The van der Waals surface area contributed by atoms with Gasteiger partial charge in [0, 0.05) is 26.2 Å². The molecule has 1 saturated carbocycles. The molecule has 0 aromatic carbocycles. The van der Waals surface area contributed by atoms with Crippen LogP contribution in [-0.2, 0) is 11.3 Å². The third kappa shape index (κ3) is 3.36. The van der Waals surface area contributed by atoms with Crippen LogP contribution >= 0.6 is 12.2 Å². The summed E-state index contributed by atoms with van der Waals surface area (Å²) in [5.41, 5.74) is 0. The molecule has 0 aliphatic heterocycles. The predicted octanol–water partition coefficient (Wildman–Crippen LogP) is 2.60. The van der Waals surface area contributed by atoms with Crippen LogP contribution in [0.25, 0.3) is 0 Å². The van der Waals surface area contributed by atoms with E-state index in [0.717, 1.165) is 31.4 Å². The summed E-state index contributed by atoms with van der Waals surface area (Å²) in [5, 5.41) is 7.36. The van der Waals surface area contributed by atoms with E-state index in [1.807, 2.05) is 0 Å². The summed E-state index contributed by atoms with van der Waals surface area (Å²) in [6, 6.07) is 0.496. The molecule has 0 saturated heterocycles. The number of nitrogens with one attached hydrogen (secondary N) is 1. The highest BCUT2D eigenvalue weighted by molar-refractivity contribution is 7.71. The molecule has 19 heavy (non-hydrogen) atoms. The zero-order valence-electron chi connectivity index (χ0n) is 12.1. The zero-order valence-corrected chi connectivity index (χ0v) is 12.9. The normalized spacial score (nSPS) is 16.6. The molecule has 5 nitrogen and oxygen atoms in total. The molecule has 1 aromatic heterocycles. The van der Waals surface area contributed by atoms with E-state index in [2.05, 4.69) is 33.5 Å². The van der Waals surface area contributed by atoms with Gasteiger partial charge in [0.05, 0.1) is 6.61 Å². The van der Waals surface area contributed by atoms with E-state index in [0.29, 0.717) is 17.4 Å². The molecule has 1 fully saturated rings. The maximum Gasteiger partial charge on any atom is 0.226 e. The van der Waals surface area contributed by atoms with E-state index in [-0.39, 0.29) is 0 Å². The maximum absolute atomic E-state index is 5.32. The highest BCUT2D eigenvalue weighted by atomic mass is 32.1. The minimum absolute atomic E-state index is 0.496. The second-order valence-electron chi connectivity index (χ2n) is 5.24. The van der Waals surface area contributed by atoms with Crippen LogP contribution in [0.3, 0.4) is 0 Å². The topological polar surface area (TPSA) is 46.1 Å². The fourth-order valence-electron chi connectivity index (χ4n) is 2.46. The van der Waals surface area contributed by atoms with Crippen molar-refractivity contribution in [1.82, 2.24) is 14.8 Å². The summed E-state index contributed by atoms with van der Waals surface area (Å²) >= 11 is 5.32. The van der Waals surface area contributed by atoms with Gasteiger partial charge in [0.25, 0.3) is 0 Å². The molecule has 0 bridgehead atoms. The zero-order chi connectivity index (χ0) is 13.8. The van der Waals surface area contributed by atoms with Crippen LogP contribution in [0.1, 0.15) is 33.1 Å². The molecule has 1 atom stereocenters. The average molecular weight is 284 g/mol. The number of aromatic nitrogens is 3. The van der Waals surface area contributed by atoms with E-state index in [4.69, 9.17) is 17.0 Å². The smallest absolute Gasteiger partial charge is 0.226 e. The molecule has 1 aliphatic carbocycles. The van der Waals surface area contributed by atoms with Crippen LogP contribution in [0.4, 0.5) is 5.95 Å². The van der Waals surface area contributed by atoms with E-state index in [9.17, 15) is 0 Å². The van der Waals surface area contributed by atoms with Crippen molar-refractivity contribution >= 4 is 18.2 Å². The summed E-state index contributed by atoms with van der Waals surface area (Å²) in [6.45, 7) is 6.91. The lowest BCUT2D eigenvalue weighted by atomic mass is 10.2.